The summed E-state index contributed by atoms with van der Waals surface area (Å²) < 4.78 is 29.4. The molecule has 0 atom stereocenters. The molecule has 6 nitrogen and oxygen atoms in total. The number of nitrogens with zero attached hydrogens (tertiary/aromatic N) is 3. The first-order valence-electron chi connectivity index (χ1n) is 9.36. The molecule has 1 aliphatic rings. The van der Waals surface area contributed by atoms with Crippen LogP contribution in [-0.4, -0.2) is 35.9 Å². The Kier molecular flexibility index (Phi) is 5.44. The van der Waals surface area contributed by atoms with Crippen LogP contribution >= 0.6 is 11.8 Å². The molecule has 3 aromatic rings. The number of benzene rings is 2. The molecule has 1 amide bonds. The zero-order valence-corrected chi connectivity index (χ0v) is 18.1. The van der Waals surface area contributed by atoms with Crippen LogP contribution in [0, 0.1) is 6.92 Å². The van der Waals surface area contributed by atoms with Crippen molar-refractivity contribution >= 4 is 49.8 Å². The molecule has 0 N–H and O–H groups in total. The van der Waals surface area contributed by atoms with Gasteiger partial charge in [0.05, 0.1) is 21.0 Å². The zero-order valence-electron chi connectivity index (χ0n) is 16.4. The van der Waals surface area contributed by atoms with E-state index in [0.29, 0.717) is 17.1 Å². The molecule has 1 fully saturated rings. The van der Waals surface area contributed by atoms with Crippen molar-refractivity contribution in [2.75, 3.05) is 6.54 Å². The van der Waals surface area contributed by atoms with E-state index in [-0.39, 0.29) is 16.0 Å². The fourth-order valence-electron chi connectivity index (χ4n) is 3.02. The molecular formula is C22H19N3O3S2. The van der Waals surface area contributed by atoms with E-state index in [1.165, 1.54) is 17.0 Å². The number of aryl methyl sites for hydroxylation is 1. The molecule has 0 radical (unpaired) electrons. The van der Waals surface area contributed by atoms with E-state index in [4.69, 9.17) is 0 Å². The molecule has 1 aromatic heterocycles. The summed E-state index contributed by atoms with van der Waals surface area (Å²) in [5.41, 5.74) is 2.41. The number of carbonyl (C=O) groups excluding carboxylic acids is 1. The van der Waals surface area contributed by atoms with Gasteiger partial charge >= 0.3 is 0 Å². The topological polar surface area (TPSA) is 79.7 Å². The summed E-state index contributed by atoms with van der Waals surface area (Å²) in [5, 5.41) is 1.15. The molecule has 1 saturated heterocycles. The van der Waals surface area contributed by atoms with Gasteiger partial charge in [-0.3, -0.25) is 9.69 Å². The van der Waals surface area contributed by atoms with Crippen LogP contribution in [0.4, 0.5) is 0 Å². The highest BCUT2D eigenvalue weighted by Crippen LogP contribution is 2.33. The lowest BCUT2D eigenvalue weighted by Gasteiger charge is -2.11. The van der Waals surface area contributed by atoms with Crippen LogP contribution in [0.5, 0.6) is 0 Å². The quantitative estimate of drug-likeness (QED) is 0.571. The molecule has 2 heterocycles. The number of rotatable bonds is 4. The number of aromatic nitrogens is 1. The average Bonchev–Trinajstić information content (AvgIpc) is 3.01. The van der Waals surface area contributed by atoms with E-state index in [2.05, 4.69) is 9.38 Å². The molecule has 30 heavy (non-hydrogen) atoms. The first kappa shape index (κ1) is 20.3. The Balaban J connectivity index is 1.69. The van der Waals surface area contributed by atoms with Gasteiger partial charge in [-0.2, -0.15) is 8.42 Å². The smallest absolute Gasteiger partial charge is 0.284 e. The fourth-order valence-corrected chi connectivity index (χ4v) is 5.25. The van der Waals surface area contributed by atoms with Crippen molar-refractivity contribution in [2.24, 2.45) is 4.40 Å². The normalized spacial score (nSPS) is 17.4. The Morgan fingerprint density at radius 2 is 1.80 bits per heavy atom. The van der Waals surface area contributed by atoms with Gasteiger partial charge in [0.15, 0.2) is 5.17 Å². The van der Waals surface area contributed by atoms with Crippen molar-refractivity contribution in [1.82, 2.24) is 9.88 Å². The number of pyridine rings is 1. The number of likely N-dealkylation sites (N-methyl/N-ethyl adjacent to an activating group) is 1. The fraction of sp³-hybridized carbons (Fsp3) is 0.136. The van der Waals surface area contributed by atoms with E-state index in [9.17, 15) is 13.2 Å². The lowest BCUT2D eigenvalue weighted by molar-refractivity contribution is -0.122. The minimum absolute atomic E-state index is 0.0957. The molecule has 0 spiro atoms. The summed E-state index contributed by atoms with van der Waals surface area (Å²) in [5.74, 6) is -0.282. The number of sulfonamides is 1. The van der Waals surface area contributed by atoms with Gasteiger partial charge in [-0.15, -0.1) is 4.40 Å². The molecule has 0 bridgehead atoms. The number of para-hydroxylation sites is 1. The summed E-state index contributed by atoms with van der Waals surface area (Å²) in [6.07, 6.45) is 1.67. The van der Waals surface area contributed by atoms with E-state index in [1.807, 2.05) is 43.3 Å². The van der Waals surface area contributed by atoms with Crippen LogP contribution in [0.25, 0.3) is 17.0 Å². The van der Waals surface area contributed by atoms with Crippen LogP contribution in [0.3, 0.4) is 0 Å². The lowest BCUT2D eigenvalue weighted by atomic mass is 10.2. The number of thioether (sulfide) groups is 1. The van der Waals surface area contributed by atoms with Crippen molar-refractivity contribution in [1.29, 1.82) is 0 Å². The standard InChI is InChI=1S/C22H19N3O3S2/c1-3-25-21(26)20(14-17-11-10-16-6-4-5-7-19(16)23-17)29-22(25)24-30(27,28)18-12-8-15(2)9-13-18/h4-14H,3H2,1-2H3. The zero-order chi connectivity index (χ0) is 21.3. The van der Waals surface area contributed by atoms with Gasteiger partial charge in [0.1, 0.15) is 0 Å². The van der Waals surface area contributed by atoms with E-state index in [0.717, 1.165) is 28.2 Å². The van der Waals surface area contributed by atoms with Crippen LogP contribution in [0.15, 0.2) is 74.9 Å². The van der Waals surface area contributed by atoms with Crippen LogP contribution in [-0.2, 0) is 14.8 Å². The third-order valence-electron chi connectivity index (χ3n) is 4.62. The summed E-state index contributed by atoms with van der Waals surface area (Å²) in [6.45, 7) is 3.98. The Morgan fingerprint density at radius 1 is 1.07 bits per heavy atom. The first-order chi connectivity index (χ1) is 14.4. The van der Waals surface area contributed by atoms with Crippen molar-refractivity contribution < 1.29 is 13.2 Å². The number of amidine groups is 1. The monoisotopic (exact) mass is 437 g/mol. The molecular weight excluding hydrogens is 418 g/mol. The third kappa shape index (κ3) is 4.01. The van der Waals surface area contributed by atoms with Crippen molar-refractivity contribution in [2.45, 2.75) is 18.7 Å². The predicted octanol–water partition coefficient (Wildman–Crippen LogP) is 4.22. The van der Waals surface area contributed by atoms with Crippen molar-refractivity contribution in [3.8, 4) is 0 Å². The maximum atomic E-state index is 12.8. The minimum atomic E-state index is -3.92. The van der Waals surface area contributed by atoms with Gasteiger partial charge in [0.2, 0.25) is 0 Å². The summed E-state index contributed by atoms with van der Waals surface area (Å²) >= 11 is 1.04. The highest BCUT2D eigenvalue weighted by atomic mass is 32.2. The number of fused-ring (bicyclic) bond motifs is 1. The first-order valence-corrected chi connectivity index (χ1v) is 11.6. The molecule has 8 heteroatoms. The van der Waals surface area contributed by atoms with Crippen LogP contribution in [0.2, 0.25) is 0 Å². The molecule has 152 valence electrons. The maximum Gasteiger partial charge on any atom is 0.284 e. The van der Waals surface area contributed by atoms with E-state index >= 15 is 0 Å². The van der Waals surface area contributed by atoms with Gasteiger partial charge < -0.3 is 0 Å². The van der Waals surface area contributed by atoms with Crippen molar-refractivity contribution in [3.05, 3.63) is 76.8 Å². The maximum absolute atomic E-state index is 12.8. The number of carbonyl (C=O) groups is 1. The summed E-state index contributed by atoms with van der Waals surface area (Å²) in [6, 6.07) is 17.9. The Bertz CT molecular complexity index is 1300. The van der Waals surface area contributed by atoms with E-state index < -0.39 is 10.0 Å². The summed E-state index contributed by atoms with van der Waals surface area (Å²) in [4.78, 5) is 19.2. The van der Waals surface area contributed by atoms with Gasteiger partial charge in [0, 0.05) is 11.9 Å². The van der Waals surface area contributed by atoms with E-state index in [1.54, 1.807) is 25.1 Å². The Hall–Kier alpha value is -2.97. The van der Waals surface area contributed by atoms with Crippen LogP contribution in [0.1, 0.15) is 18.2 Å². The second-order valence-corrected chi connectivity index (χ2v) is 9.36. The third-order valence-corrected chi connectivity index (χ3v) is 7.02. The Labute approximate surface area is 179 Å². The number of amides is 1. The van der Waals surface area contributed by atoms with Gasteiger partial charge in [-0.05, 0) is 56.0 Å². The minimum Gasteiger partial charge on any atom is -0.286 e. The highest BCUT2D eigenvalue weighted by molar-refractivity contribution is 8.19. The number of hydrogen-bond acceptors (Lipinski definition) is 5. The second-order valence-electron chi connectivity index (χ2n) is 6.75. The number of hydrogen-bond donors (Lipinski definition) is 0. The molecule has 4 rings (SSSR count). The Morgan fingerprint density at radius 3 is 2.53 bits per heavy atom. The van der Waals surface area contributed by atoms with Crippen LogP contribution < -0.4 is 0 Å². The SMILES string of the molecule is CCN1C(=O)C(=Cc2ccc3ccccc3n2)SC1=NS(=O)(=O)c1ccc(C)cc1. The molecule has 2 aromatic carbocycles. The largest absolute Gasteiger partial charge is 0.286 e. The summed E-state index contributed by atoms with van der Waals surface area (Å²) in [7, 11) is -3.92. The molecule has 0 saturated carbocycles. The van der Waals surface area contributed by atoms with Gasteiger partial charge in [0.25, 0.3) is 15.9 Å². The average molecular weight is 438 g/mol. The lowest BCUT2D eigenvalue weighted by Crippen LogP contribution is -2.29. The predicted molar refractivity (Wildman–Crippen MR) is 120 cm³/mol. The molecule has 0 unspecified atom stereocenters. The van der Waals surface area contributed by atoms with Crippen molar-refractivity contribution in [3.63, 3.8) is 0 Å². The van der Waals surface area contributed by atoms with Gasteiger partial charge in [-0.1, -0.05) is 42.0 Å². The molecule has 0 aliphatic carbocycles. The molecule has 1 aliphatic heterocycles. The highest BCUT2D eigenvalue weighted by Gasteiger charge is 2.34. The van der Waals surface area contributed by atoms with Gasteiger partial charge in [-0.25, -0.2) is 4.98 Å². The second kappa shape index (κ2) is 8.04.